The van der Waals surface area contributed by atoms with Crippen LogP contribution in [0.25, 0.3) is 10.4 Å². The van der Waals surface area contributed by atoms with E-state index in [4.69, 9.17) is 9.47 Å². The van der Waals surface area contributed by atoms with Crippen molar-refractivity contribution in [1.29, 1.82) is 0 Å². The van der Waals surface area contributed by atoms with Crippen molar-refractivity contribution in [2.75, 3.05) is 19.5 Å². The number of carbonyl (C=O) groups excluding carboxylic acids is 2. The van der Waals surface area contributed by atoms with Crippen LogP contribution in [0, 0.1) is 11.3 Å². The van der Waals surface area contributed by atoms with E-state index in [1.165, 1.54) is 34.9 Å². The minimum atomic E-state index is -1.22. The SMILES string of the molecule is CCOC(=O)OCC[C@@]1(C)C(c2cn3cnc(SC)c3s2)=C(C(=O)O)N2C(=O)[C@H]([C@@H](C)O)[C@@H]21. The molecule has 2 N–H and O–H groups in total. The quantitative estimate of drug-likeness (QED) is 0.322. The summed E-state index contributed by atoms with van der Waals surface area (Å²) in [4.78, 5) is 44.2. The maximum Gasteiger partial charge on any atom is 0.508 e. The Morgan fingerprint density at radius 2 is 2.12 bits per heavy atom. The Bertz CT molecular complexity index is 1150. The molecule has 1 saturated heterocycles. The summed E-state index contributed by atoms with van der Waals surface area (Å²) in [6.07, 6.45) is 3.87. The number of aliphatic carboxylic acids is 1. The lowest BCUT2D eigenvalue weighted by molar-refractivity contribution is -0.167. The fourth-order valence-electron chi connectivity index (χ4n) is 4.87. The summed E-state index contributed by atoms with van der Waals surface area (Å²) in [5, 5.41) is 21.2. The summed E-state index contributed by atoms with van der Waals surface area (Å²) in [5.41, 5.74) is -0.487. The second-order valence-electron chi connectivity index (χ2n) is 8.21. The monoisotopic (exact) mass is 495 g/mol. The Balaban J connectivity index is 1.81. The van der Waals surface area contributed by atoms with Crippen LogP contribution >= 0.6 is 23.1 Å². The summed E-state index contributed by atoms with van der Waals surface area (Å²) < 4.78 is 11.8. The minimum Gasteiger partial charge on any atom is -0.477 e. The first-order valence-corrected chi connectivity index (χ1v) is 12.5. The number of aliphatic hydroxyl groups is 1. The highest BCUT2D eigenvalue weighted by Crippen LogP contribution is 2.60. The summed E-state index contributed by atoms with van der Waals surface area (Å²) in [7, 11) is 0. The van der Waals surface area contributed by atoms with Gasteiger partial charge in [0, 0.05) is 17.2 Å². The van der Waals surface area contributed by atoms with Gasteiger partial charge in [-0.1, -0.05) is 6.92 Å². The molecule has 0 unspecified atom stereocenters. The van der Waals surface area contributed by atoms with E-state index in [1.807, 2.05) is 23.8 Å². The number of carboxylic acids is 1. The molecule has 0 saturated carbocycles. The zero-order chi connectivity index (χ0) is 24.1. The van der Waals surface area contributed by atoms with Crippen molar-refractivity contribution in [3.63, 3.8) is 0 Å². The predicted octanol–water partition coefficient (Wildman–Crippen LogP) is 2.70. The average molecular weight is 496 g/mol. The van der Waals surface area contributed by atoms with E-state index in [9.17, 15) is 24.6 Å². The number of amides is 1. The van der Waals surface area contributed by atoms with Gasteiger partial charge in [-0.25, -0.2) is 14.6 Å². The molecule has 4 atom stereocenters. The van der Waals surface area contributed by atoms with E-state index >= 15 is 0 Å². The van der Waals surface area contributed by atoms with Crippen LogP contribution in [0.1, 0.15) is 32.1 Å². The topological polar surface area (TPSA) is 131 Å². The molecule has 1 fully saturated rings. The number of thiazole rings is 1. The number of nitrogens with zero attached hydrogens (tertiary/aromatic N) is 3. The van der Waals surface area contributed by atoms with Crippen LogP contribution in [0.5, 0.6) is 0 Å². The average Bonchev–Trinajstić information content (AvgIpc) is 3.36. The van der Waals surface area contributed by atoms with Gasteiger partial charge in [0.05, 0.1) is 36.2 Å². The van der Waals surface area contributed by atoms with Gasteiger partial charge in [0.1, 0.15) is 21.9 Å². The lowest BCUT2D eigenvalue weighted by atomic mass is 9.66. The molecule has 2 aromatic heterocycles. The van der Waals surface area contributed by atoms with Crippen molar-refractivity contribution in [2.24, 2.45) is 11.3 Å². The largest absolute Gasteiger partial charge is 0.508 e. The number of ether oxygens (including phenoxy) is 2. The lowest BCUT2D eigenvalue weighted by Gasteiger charge is -2.50. The fourth-order valence-corrected chi connectivity index (χ4v) is 6.83. The highest BCUT2D eigenvalue weighted by atomic mass is 32.2. The molecule has 0 bridgehead atoms. The first kappa shape index (κ1) is 23.6. The van der Waals surface area contributed by atoms with Gasteiger partial charge in [-0.15, -0.1) is 23.1 Å². The van der Waals surface area contributed by atoms with Crippen molar-refractivity contribution in [2.45, 2.75) is 44.4 Å². The number of hydrogen-bond acceptors (Lipinski definition) is 9. The maximum atomic E-state index is 12.9. The molecule has 1 amide bonds. The van der Waals surface area contributed by atoms with E-state index in [0.717, 1.165) is 9.86 Å². The molecule has 2 aliphatic heterocycles. The molecule has 0 aliphatic carbocycles. The highest BCUT2D eigenvalue weighted by molar-refractivity contribution is 7.98. The van der Waals surface area contributed by atoms with Crippen molar-refractivity contribution >= 4 is 51.5 Å². The number of thioether (sulfide) groups is 1. The van der Waals surface area contributed by atoms with E-state index in [1.54, 1.807) is 13.3 Å². The highest BCUT2D eigenvalue weighted by Gasteiger charge is 2.66. The van der Waals surface area contributed by atoms with E-state index in [-0.39, 0.29) is 25.3 Å². The smallest absolute Gasteiger partial charge is 0.477 e. The number of aliphatic hydroxyl groups excluding tert-OH is 1. The molecule has 10 nitrogen and oxygen atoms in total. The molecular weight excluding hydrogens is 470 g/mol. The second-order valence-corrected chi connectivity index (χ2v) is 10.0. The standard InChI is InChI=1S/C21H25N3O7S2/c1-5-30-20(29)31-7-6-21(3)13(11-8-23-9-22-16(32-4)18(23)33-11)14(19(27)28)24-15(21)12(10(2)25)17(24)26/h8-10,12,15,25H,5-7H2,1-4H3,(H,27,28)/t10-,12-,15-,21+/m1/s1. The lowest BCUT2D eigenvalue weighted by Crippen LogP contribution is -2.66. The molecular formula is C21H25N3O7S2. The van der Waals surface area contributed by atoms with Crippen LogP contribution in [0.3, 0.4) is 0 Å². The van der Waals surface area contributed by atoms with Gasteiger partial charge in [0.15, 0.2) is 0 Å². The van der Waals surface area contributed by atoms with E-state index < -0.39 is 41.5 Å². The van der Waals surface area contributed by atoms with Crippen molar-refractivity contribution in [3.8, 4) is 0 Å². The van der Waals surface area contributed by atoms with Crippen LogP contribution in [0.2, 0.25) is 0 Å². The molecule has 178 valence electrons. The molecule has 12 heteroatoms. The number of rotatable bonds is 8. The van der Waals surface area contributed by atoms with Crippen LogP contribution in [0.4, 0.5) is 4.79 Å². The van der Waals surface area contributed by atoms with Crippen LogP contribution in [0.15, 0.2) is 23.2 Å². The molecule has 33 heavy (non-hydrogen) atoms. The molecule has 0 aromatic carbocycles. The third-order valence-corrected chi connectivity index (χ3v) is 8.23. The molecule has 2 aromatic rings. The number of carboxylic acid groups (broad SMARTS) is 1. The Labute approximate surface area is 198 Å². The maximum absolute atomic E-state index is 12.9. The summed E-state index contributed by atoms with van der Waals surface area (Å²) >= 11 is 2.88. The summed E-state index contributed by atoms with van der Waals surface area (Å²) in [6, 6.07) is -0.573. The second kappa shape index (κ2) is 8.65. The number of imidazole rings is 1. The van der Waals surface area contributed by atoms with Gasteiger partial charge in [0.25, 0.3) is 0 Å². The normalized spacial score (nSPS) is 25.2. The predicted molar refractivity (Wildman–Crippen MR) is 121 cm³/mol. The Morgan fingerprint density at radius 1 is 1.39 bits per heavy atom. The number of aromatic nitrogens is 2. The molecule has 4 heterocycles. The molecule has 0 radical (unpaired) electrons. The fraction of sp³-hybridized carbons (Fsp3) is 0.524. The first-order chi connectivity index (χ1) is 15.7. The summed E-state index contributed by atoms with van der Waals surface area (Å²) in [6.45, 7) is 5.20. The zero-order valence-corrected chi connectivity index (χ0v) is 20.2. The third-order valence-electron chi connectivity index (χ3n) is 6.29. The van der Waals surface area contributed by atoms with Crippen molar-refractivity contribution in [1.82, 2.24) is 14.3 Å². The van der Waals surface area contributed by atoms with Gasteiger partial charge in [-0.05, 0) is 26.5 Å². The van der Waals surface area contributed by atoms with Crippen molar-refractivity contribution in [3.05, 3.63) is 23.1 Å². The number of fused-ring (bicyclic) bond motifs is 2. The van der Waals surface area contributed by atoms with Crippen LogP contribution in [-0.2, 0) is 19.1 Å². The van der Waals surface area contributed by atoms with Crippen LogP contribution < -0.4 is 0 Å². The van der Waals surface area contributed by atoms with E-state index in [2.05, 4.69) is 4.98 Å². The number of β-lactam (4-membered cyclic amide) rings is 1. The van der Waals surface area contributed by atoms with Gasteiger partial charge in [-0.2, -0.15) is 0 Å². The van der Waals surface area contributed by atoms with Gasteiger partial charge >= 0.3 is 12.1 Å². The molecule has 4 rings (SSSR count). The van der Waals surface area contributed by atoms with Gasteiger partial charge in [-0.3, -0.25) is 9.20 Å². The van der Waals surface area contributed by atoms with Gasteiger partial charge in [0.2, 0.25) is 5.91 Å². The first-order valence-electron chi connectivity index (χ1n) is 10.4. The zero-order valence-electron chi connectivity index (χ0n) is 18.6. The minimum absolute atomic E-state index is 0.0291. The number of hydrogen-bond donors (Lipinski definition) is 2. The Hall–Kier alpha value is -2.57. The molecule has 2 aliphatic rings. The van der Waals surface area contributed by atoms with Crippen molar-refractivity contribution < 1.29 is 34.1 Å². The summed E-state index contributed by atoms with van der Waals surface area (Å²) in [5.74, 6) is -2.39. The Morgan fingerprint density at radius 3 is 2.73 bits per heavy atom. The van der Waals surface area contributed by atoms with Gasteiger partial charge < -0.3 is 24.6 Å². The molecule has 0 spiro atoms. The third kappa shape index (κ3) is 3.60. The van der Waals surface area contributed by atoms with Crippen LogP contribution in [-0.4, -0.2) is 74.1 Å². The van der Waals surface area contributed by atoms with E-state index in [0.29, 0.717) is 10.5 Å². The Kier molecular flexibility index (Phi) is 6.18. The number of carbonyl (C=O) groups is 3.